The lowest BCUT2D eigenvalue weighted by Gasteiger charge is -2.15. The maximum Gasteiger partial charge on any atom is 0.237 e. The summed E-state index contributed by atoms with van der Waals surface area (Å²) in [5, 5.41) is 3.60. The number of hydrogen-bond donors (Lipinski definition) is 1. The maximum absolute atomic E-state index is 12.5. The van der Waals surface area contributed by atoms with Crippen LogP contribution >= 0.6 is 11.8 Å². The molecule has 1 aromatic heterocycles. The molecule has 0 aliphatic heterocycles. The van der Waals surface area contributed by atoms with Crippen LogP contribution in [0.25, 0.3) is 0 Å². The third-order valence-electron chi connectivity index (χ3n) is 3.98. The molecule has 0 fully saturated rings. The fourth-order valence-electron chi connectivity index (χ4n) is 2.42. The van der Waals surface area contributed by atoms with Crippen LogP contribution in [-0.2, 0) is 11.3 Å². The first-order valence-electron chi connectivity index (χ1n) is 8.47. The predicted octanol–water partition coefficient (Wildman–Crippen LogP) is 4.28. The molecule has 0 saturated heterocycles. The molecule has 5 nitrogen and oxygen atoms in total. The van der Waals surface area contributed by atoms with Gasteiger partial charge in [0.1, 0.15) is 5.75 Å². The number of aromatic nitrogens is 2. The fraction of sp³-hybridized carbons (Fsp3) is 0.474. The molecule has 1 atom stereocenters. The van der Waals surface area contributed by atoms with Gasteiger partial charge in [-0.25, -0.2) is 4.98 Å². The lowest BCUT2D eigenvalue weighted by molar-refractivity contribution is -0.115. The molecule has 0 spiro atoms. The van der Waals surface area contributed by atoms with E-state index in [4.69, 9.17) is 4.74 Å². The number of ether oxygens (including phenoxy) is 1. The van der Waals surface area contributed by atoms with Crippen molar-refractivity contribution in [2.45, 2.75) is 51.6 Å². The van der Waals surface area contributed by atoms with Crippen LogP contribution in [0.2, 0.25) is 0 Å². The van der Waals surface area contributed by atoms with Crippen molar-refractivity contribution in [2.75, 3.05) is 12.4 Å². The fourth-order valence-corrected chi connectivity index (χ4v) is 3.43. The second-order valence-corrected chi connectivity index (χ2v) is 7.86. The van der Waals surface area contributed by atoms with E-state index in [1.54, 1.807) is 7.11 Å². The van der Waals surface area contributed by atoms with E-state index >= 15 is 0 Å². The van der Waals surface area contributed by atoms with Crippen molar-refractivity contribution >= 4 is 23.4 Å². The Morgan fingerprint density at radius 2 is 1.88 bits per heavy atom. The first kappa shape index (κ1) is 19.4. The van der Waals surface area contributed by atoms with Crippen LogP contribution in [0, 0.1) is 19.8 Å². The standard InChI is InChI=1S/C19H27N3O2S/c1-12(2)11-22-14(4)13(3)20-19(22)25-15(5)18(23)21-16-7-9-17(24-6)10-8-16/h7-10,12,15H,11H2,1-6H3,(H,21,23). The number of carbonyl (C=O) groups is 1. The van der Waals surface area contributed by atoms with Gasteiger partial charge in [-0.15, -0.1) is 0 Å². The molecular weight excluding hydrogens is 334 g/mol. The number of anilines is 1. The summed E-state index contributed by atoms with van der Waals surface area (Å²) in [4.78, 5) is 17.1. The summed E-state index contributed by atoms with van der Waals surface area (Å²) in [5.41, 5.74) is 2.95. The Kier molecular flexibility index (Phi) is 6.53. The number of methoxy groups -OCH3 is 1. The van der Waals surface area contributed by atoms with Gasteiger partial charge in [0.2, 0.25) is 5.91 Å². The first-order chi connectivity index (χ1) is 11.8. The average Bonchev–Trinajstić information content (AvgIpc) is 2.82. The van der Waals surface area contributed by atoms with Crippen molar-refractivity contribution in [3.63, 3.8) is 0 Å². The summed E-state index contributed by atoms with van der Waals surface area (Å²) in [6.45, 7) is 11.3. The van der Waals surface area contributed by atoms with E-state index in [0.29, 0.717) is 5.92 Å². The number of rotatable bonds is 7. The van der Waals surface area contributed by atoms with Crippen molar-refractivity contribution in [1.82, 2.24) is 9.55 Å². The molecule has 1 aromatic carbocycles. The van der Waals surface area contributed by atoms with Crippen molar-refractivity contribution < 1.29 is 9.53 Å². The van der Waals surface area contributed by atoms with Gasteiger partial charge < -0.3 is 14.6 Å². The Morgan fingerprint density at radius 1 is 1.24 bits per heavy atom. The monoisotopic (exact) mass is 361 g/mol. The summed E-state index contributed by atoms with van der Waals surface area (Å²) >= 11 is 1.50. The maximum atomic E-state index is 12.5. The number of carbonyl (C=O) groups excluding carboxylic acids is 1. The highest BCUT2D eigenvalue weighted by Gasteiger charge is 2.20. The van der Waals surface area contributed by atoms with Crippen LogP contribution < -0.4 is 10.1 Å². The average molecular weight is 362 g/mol. The topological polar surface area (TPSA) is 56.1 Å². The van der Waals surface area contributed by atoms with Crippen LogP contribution in [0.3, 0.4) is 0 Å². The molecule has 1 unspecified atom stereocenters. The van der Waals surface area contributed by atoms with E-state index < -0.39 is 0 Å². The first-order valence-corrected chi connectivity index (χ1v) is 9.35. The minimum atomic E-state index is -0.241. The largest absolute Gasteiger partial charge is 0.497 e. The van der Waals surface area contributed by atoms with E-state index in [1.165, 1.54) is 17.5 Å². The summed E-state index contributed by atoms with van der Waals surface area (Å²) in [6.07, 6.45) is 0. The zero-order valence-corrected chi connectivity index (χ0v) is 16.6. The zero-order chi connectivity index (χ0) is 18.6. The van der Waals surface area contributed by atoms with E-state index in [9.17, 15) is 4.79 Å². The summed E-state index contributed by atoms with van der Waals surface area (Å²) in [6, 6.07) is 7.33. The molecule has 1 N–H and O–H groups in total. The molecule has 0 aliphatic rings. The molecule has 136 valence electrons. The Morgan fingerprint density at radius 3 is 2.44 bits per heavy atom. The molecule has 2 rings (SSSR count). The molecule has 0 saturated carbocycles. The lowest BCUT2D eigenvalue weighted by atomic mass is 10.2. The molecule has 0 aliphatic carbocycles. The van der Waals surface area contributed by atoms with Gasteiger partial charge in [-0.1, -0.05) is 25.6 Å². The minimum Gasteiger partial charge on any atom is -0.497 e. The van der Waals surface area contributed by atoms with Crippen molar-refractivity contribution in [3.05, 3.63) is 35.7 Å². The number of imidazole rings is 1. The smallest absolute Gasteiger partial charge is 0.237 e. The number of benzene rings is 1. The molecular formula is C19H27N3O2S. The Bertz CT molecular complexity index is 723. The van der Waals surface area contributed by atoms with E-state index in [1.807, 2.05) is 38.1 Å². The van der Waals surface area contributed by atoms with Crippen molar-refractivity contribution in [3.8, 4) is 5.75 Å². The van der Waals surface area contributed by atoms with E-state index in [0.717, 1.165) is 28.8 Å². The third-order valence-corrected chi connectivity index (χ3v) is 5.07. The normalized spacial score (nSPS) is 12.3. The molecule has 6 heteroatoms. The Hall–Kier alpha value is -1.95. The van der Waals surface area contributed by atoms with Gasteiger partial charge in [0.15, 0.2) is 5.16 Å². The molecule has 2 aromatic rings. The van der Waals surface area contributed by atoms with Crippen LogP contribution in [0.1, 0.15) is 32.2 Å². The quantitative estimate of drug-likeness (QED) is 0.748. The number of aryl methyl sites for hydroxylation is 1. The lowest BCUT2D eigenvalue weighted by Crippen LogP contribution is -2.23. The highest BCUT2D eigenvalue weighted by atomic mass is 32.2. The predicted molar refractivity (Wildman–Crippen MR) is 103 cm³/mol. The van der Waals surface area contributed by atoms with Gasteiger partial charge in [0.05, 0.1) is 18.1 Å². The van der Waals surface area contributed by atoms with Crippen LogP contribution in [0.5, 0.6) is 5.75 Å². The highest BCUT2D eigenvalue weighted by Crippen LogP contribution is 2.27. The summed E-state index contributed by atoms with van der Waals surface area (Å²) in [7, 11) is 1.62. The second kappa shape index (κ2) is 8.43. The third kappa shape index (κ3) is 5.01. The minimum absolute atomic E-state index is 0.0374. The SMILES string of the molecule is COc1ccc(NC(=O)C(C)Sc2nc(C)c(C)n2CC(C)C)cc1. The highest BCUT2D eigenvalue weighted by molar-refractivity contribution is 8.00. The van der Waals surface area contributed by atoms with Gasteiger partial charge in [-0.2, -0.15) is 0 Å². The number of nitrogens with zero attached hydrogens (tertiary/aromatic N) is 2. The molecule has 0 bridgehead atoms. The second-order valence-electron chi connectivity index (χ2n) is 6.55. The Labute approximate surface area is 154 Å². The molecule has 25 heavy (non-hydrogen) atoms. The molecule has 1 heterocycles. The van der Waals surface area contributed by atoms with Gasteiger partial charge in [0, 0.05) is 17.9 Å². The molecule has 0 radical (unpaired) electrons. The van der Waals surface area contributed by atoms with E-state index in [-0.39, 0.29) is 11.2 Å². The number of thioether (sulfide) groups is 1. The Balaban J connectivity index is 2.06. The number of amides is 1. The van der Waals surface area contributed by atoms with Crippen LogP contribution in [0.4, 0.5) is 5.69 Å². The number of nitrogens with one attached hydrogen (secondary N) is 1. The van der Waals surface area contributed by atoms with Crippen LogP contribution in [0.15, 0.2) is 29.4 Å². The van der Waals surface area contributed by atoms with Crippen molar-refractivity contribution in [1.29, 1.82) is 0 Å². The van der Waals surface area contributed by atoms with Gasteiger partial charge in [-0.3, -0.25) is 4.79 Å². The van der Waals surface area contributed by atoms with Crippen LogP contribution in [-0.4, -0.2) is 27.8 Å². The summed E-state index contributed by atoms with van der Waals surface area (Å²) < 4.78 is 7.34. The number of hydrogen-bond acceptors (Lipinski definition) is 4. The van der Waals surface area contributed by atoms with Gasteiger partial charge in [0.25, 0.3) is 0 Å². The summed E-state index contributed by atoms with van der Waals surface area (Å²) in [5.74, 6) is 1.25. The van der Waals surface area contributed by atoms with Crippen molar-refractivity contribution in [2.24, 2.45) is 5.92 Å². The van der Waals surface area contributed by atoms with E-state index in [2.05, 4.69) is 35.6 Å². The van der Waals surface area contributed by atoms with Gasteiger partial charge in [-0.05, 0) is 51.0 Å². The molecule has 1 amide bonds. The van der Waals surface area contributed by atoms with Gasteiger partial charge >= 0.3 is 0 Å². The zero-order valence-electron chi connectivity index (χ0n) is 15.8.